The van der Waals surface area contributed by atoms with Crippen LogP contribution in [0, 0.1) is 0 Å². The second-order valence-electron chi connectivity index (χ2n) is 5.55. The molecule has 0 amide bonds. The van der Waals surface area contributed by atoms with E-state index in [1.165, 1.54) is 22.1 Å². The molecule has 0 aliphatic heterocycles. The van der Waals surface area contributed by atoms with Gasteiger partial charge in [-0.05, 0) is 41.0 Å². The van der Waals surface area contributed by atoms with Crippen molar-refractivity contribution >= 4 is 10.9 Å². The van der Waals surface area contributed by atoms with E-state index in [4.69, 9.17) is 4.74 Å². The summed E-state index contributed by atoms with van der Waals surface area (Å²) in [6.07, 6.45) is 1.98. The lowest BCUT2D eigenvalue weighted by atomic mass is 10.0. The molecule has 4 rings (SSSR count). The number of aromatic nitrogens is 1. The Hall–Kier alpha value is -3.00. The van der Waals surface area contributed by atoms with Crippen molar-refractivity contribution in [1.82, 2.24) is 4.98 Å². The molecule has 1 aromatic heterocycles. The van der Waals surface area contributed by atoms with Gasteiger partial charge < -0.3 is 9.72 Å². The van der Waals surface area contributed by atoms with Crippen LogP contribution in [-0.4, -0.2) is 4.98 Å². The highest BCUT2D eigenvalue weighted by molar-refractivity contribution is 5.95. The molecule has 0 radical (unpaired) electrons. The van der Waals surface area contributed by atoms with Gasteiger partial charge in [-0.2, -0.15) is 0 Å². The average Bonchev–Trinajstić information content (AvgIpc) is 3.10. The van der Waals surface area contributed by atoms with Crippen molar-refractivity contribution in [3.05, 3.63) is 90.6 Å². The van der Waals surface area contributed by atoms with Crippen LogP contribution in [0.2, 0.25) is 0 Å². The van der Waals surface area contributed by atoms with Gasteiger partial charge in [-0.15, -0.1) is 0 Å². The van der Waals surface area contributed by atoms with Gasteiger partial charge in [0.2, 0.25) is 0 Å². The van der Waals surface area contributed by atoms with E-state index < -0.39 is 0 Å². The first-order valence-electron chi connectivity index (χ1n) is 7.73. The highest BCUT2D eigenvalue weighted by atomic mass is 16.5. The van der Waals surface area contributed by atoms with E-state index in [0.29, 0.717) is 6.61 Å². The number of nitrogens with one attached hydrogen (secondary N) is 1. The number of fused-ring (bicyclic) bond motifs is 1. The average molecular weight is 299 g/mol. The number of hydrogen-bond acceptors (Lipinski definition) is 1. The summed E-state index contributed by atoms with van der Waals surface area (Å²) in [5.74, 6) is 0.888. The molecule has 1 heterocycles. The number of hydrogen-bond donors (Lipinski definition) is 1. The molecular formula is C21H17NO. The van der Waals surface area contributed by atoms with Gasteiger partial charge in [0, 0.05) is 17.1 Å². The Kier molecular flexibility index (Phi) is 3.57. The maximum Gasteiger partial charge on any atom is 0.120 e. The molecule has 0 saturated carbocycles. The van der Waals surface area contributed by atoms with Crippen molar-refractivity contribution in [1.29, 1.82) is 0 Å². The fourth-order valence-electron chi connectivity index (χ4n) is 2.83. The van der Waals surface area contributed by atoms with E-state index in [2.05, 4.69) is 53.5 Å². The minimum absolute atomic E-state index is 0.582. The van der Waals surface area contributed by atoms with Crippen molar-refractivity contribution in [3.8, 4) is 16.9 Å². The molecule has 4 aromatic rings. The summed E-state index contributed by atoms with van der Waals surface area (Å²) in [4.78, 5) is 3.26. The Labute approximate surface area is 135 Å². The van der Waals surface area contributed by atoms with Crippen LogP contribution in [0.25, 0.3) is 22.0 Å². The first-order valence-corrected chi connectivity index (χ1v) is 7.73. The van der Waals surface area contributed by atoms with E-state index in [1.807, 2.05) is 36.5 Å². The minimum atomic E-state index is 0.582. The second-order valence-corrected chi connectivity index (χ2v) is 5.55. The monoisotopic (exact) mass is 299 g/mol. The van der Waals surface area contributed by atoms with E-state index in [0.717, 1.165) is 11.3 Å². The number of rotatable bonds is 4. The van der Waals surface area contributed by atoms with Crippen LogP contribution in [0.4, 0.5) is 0 Å². The molecule has 2 heteroatoms. The Morgan fingerprint density at radius 3 is 2.57 bits per heavy atom. The maximum atomic E-state index is 5.94. The molecule has 0 aliphatic carbocycles. The summed E-state index contributed by atoms with van der Waals surface area (Å²) in [5, 5.41) is 1.23. The zero-order valence-corrected chi connectivity index (χ0v) is 12.7. The van der Waals surface area contributed by atoms with Gasteiger partial charge in [0.25, 0.3) is 0 Å². The van der Waals surface area contributed by atoms with Gasteiger partial charge in [0.05, 0.1) is 0 Å². The largest absolute Gasteiger partial charge is 0.489 e. The van der Waals surface area contributed by atoms with Crippen molar-refractivity contribution in [3.63, 3.8) is 0 Å². The van der Waals surface area contributed by atoms with Crippen LogP contribution in [-0.2, 0) is 6.61 Å². The minimum Gasteiger partial charge on any atom is -0.489 e. The molecule has 0 atom stereocenters. The number of ether oxygens (including phenoxy) is 1. The van der Waals surface area contributed by atoms with Gasteiger partial charge in [-0.3, -0.25) is 0 Å². The third-order valence-corrected chi connectivity index (χ3v) is 3.99. The summed E-state index contributed by atoms with van der Waals surface area (Å²) in [6, 6.07) is 26.9. The van der Waals surface area contributed by atoms with Crippen LogP contribution in [0.1, 0.15) is 5.56 Å². The zero-order valence-electron chi connectivity index (χ0n) is 12.7. The molecular weight excluding hydrogens is 282 g/mol. The molecule has 0 saturated heterocycles. The lowest BCUT2D eigenvalue weighted by Gasteiger charge is -2.09. The van der Waals surface area contributed by atoms with Gasteiger partial charge >= 0.3 is 0 Å². The SMILES string of the molecule is c1ccc(COc2cccc(-c3cccc4[nH]ccc34)c2)cc1. The summed E-state index contributed by atoms with van der Waals surface area (Å²) < 4.78 is 5.94. The van der Waals surface area contributed by atoms with E-state index in [9.17, 15) is 0 Å². The highest BCUT2D eigenvalue weighted by Gasteiger charge is 2.05. The smallest absolute Gasteiger partial charge is 0.120 e. The standard InChI is InChI=1S/C21H17NO/c1-2-6-16(7-3-1)15-23-18-9-4-8-17(14-18)19-10-5-11-21-20(19)12-13-22-21/h1-14,22H,15H2. The van der Waals surface area contributed by atoms with Gasteiger partial charge in [-0.1, -0.05) is 54.6 Å². The molecule has 0 spiro atoms. The normalized spacial score (nSPS) is 10.8. The Bertz CT molecular complexity index is 925. The molecule has 3 aromatic carbocycles. The van der Waals surface area contributed by atoms with Crippen molar-refractivity contribution in [2.24, 2.45) is 0 Å². The van der Waals surface area contributed by atoms with Gasteiger partial charge in [-0.25, -0.2) is 0 Å². The van der Waals surface area contributed by atoms with Gasteiger partial charge in [0.15, 0.2) is 0 Å². The summed E-state index contributed by atoms with van der Waals surface area (Å²) >= 11 is 0. The second kappa shape index (κ2) is 6.01. The van der Waals surface area contributed by atoms with E-state index in [1.54, 1.807) is 0 Å². The summed E-state index contributed by atoms with van der Waals surface area (Å²) in [6.45, 7) is 0.582. The van der Waals surface area contributed by atoms with Crippen LogP contribution in [0.15, 0.2) is 85.1 Å². The van der Waals surface area contributed by atoms with Gasteiger partial charge in [0.1, 0.15) is 12.4 Å². The zero-order chi connectivity index (χ0) is 15.5. The van der Waals surface area contributed by atoms with Crippen LogP contribution in [0.5, 0.6) is 5.75 Å². The van der Waals surface area contributed by atoms with Crippen LogP contribution >= 0.6 is 0 Å². The fourth-order valence-corrected chi connectivity index (χ4v) is 2.83. The first kappa shape index (κ1) is 13.6. The van der Waals surface area contributed by atoms with Crippen molar-refractivity contribution < 1.29 is 4.74 Å². The maximum absolute atomic E-state index is 5.94. The Morgan fingerprint density at radius 1 is 0.783 bits per heavy atom. The van der Waals surface area contributed by atoms with E-state index >= 15 is 0 Å². The van der Waals surface area contributed by atoms with Crippen LogP contribution < -0.4 is 4.74 Å². The quantitative estimate of drug-likeness (QED) is 0.535. The molecule has 23 heavy (non-hydrogen) atoms. The summed E-state index contributed by atoms with van der Waals surface area (Å²) in [7, 11) is 0. The molecule has 0 aliphatic rings. The third kappa shape index (κ3) is 2.84. The number of aromatic amines is 1. The highest BCUT2D eigenvalue weighted by Crippen LogP contribution is 2.30. The topological polar surface area (TPSA) is 25.0 Å². The molecule has 0 unspecified atom stereocenters. The lowest BCUT2D eigenvalue weighted by molar-refractivity contribution is 0.306. The van der Waals surface area contributed by atoms with Crippen molar-refractivity contribution in [2.45, 2.75) is 6.61 Å². The van der Waals surface area contributed by atoms with Crippen LogP contribution in [0.3, 0.4) is 0 Å². The molecule has 1 N–H and O–H groups in total. The fraction of sp³-hybridized carbons (Fsp3) is 0.0476. The predicted octanol–water partition coefficient (Wildman–Crippen LogP) is 5.41. The van der Waals surface area contributed by atoms with Crippen molar-refractivity contribution in [2.75, 3.05) is 0 Å². The Morgan fingerprint density at radius 2 is 1.65 bits per heavy atom. The molecule has 2 nitrogen and oxygen atoms in total. The molecule has 0 bridgehead atoms. The Balaban J connectivity index is 1.62. The summed E-state index contributed by atoms with van der Waals surface area (Å²) in [5.41, 5.74) is 4.71. The predicted molar refractivity (Wildman–Crippen MR) is 94.5 cm³/mol. The first-order chi connectivity index (χ1) is 11.4. The third-order valence-electron chi connectivity index (χ3n) is 3.99. The molecule has 112 valence electrons. The molecule has 0 fully saturated rings. The number of benzene rings is 3. The number of H-pyrrole nitrogens is 1. The van der Waals surface area contributed by atoms with E-state index in [-0.39, 0.29) is 0 Å². The lowest BCUT2D eigenvalue weighted by Crippen LogP contribution is -1.95.